The second-order valence-corrected chi connectivity index (χ2v) is 6.76. The van der Waals surface area contributed by atoms with Gasteiger partial charge in [-0.2, -0.15) is 0 Å². The van der Waals surface area contributed by atoms with Crippen molar-refractivity contribution in [2.45, 2.75) is 13.0 Å². The van der Waals surface area contributed by atoms with Crippen LogP contribution in [-0.4, -0.2) is 44.5 Å². The summed E-state index contributed by atoms with van der Waals surface area (Å²) in [6, 6.07) is 11.2. The highest BCUT2D eigenvalue weighted by atomic mass is 19.1. The van der Waals surface area contributed by atoms with Crippen LogP contribution in [0.5, 0.6) is 11.5 Å². The van der Waals surface area contributed by atoms with Crippen LogP contribution in [0.2, 0.25) is 0 Å². The highest BCUT2D eigenvalue weighted by Crippen LogP contribution is 2.36. The first-order valence-electron chi connectivity index (χ1n) is 8.94. The maximum atomic E-state index is 13.0. The van der Waals surface area contributed by atoms with Crippen LogP contribution in [0.1, 0.15) is 12.0 Å². The number of ether oxygens (including phenoxy) is 2. The summed E-state index contributed by atoms with van der Waals surface area (Å²) >= 11 is 0. The molecule has 1 unspecified atom stereocenters. The molecule has 0 aliphatic carbocycles. The summed E-state index contributed by atoms with van der Waals surface area (Å²) in [4.78, 5) is 28.6. The average molecular weight is 386 g/mol. The van der Waals surface area contributed by atoms with Crippen LogP contribution in [0.3, 0.4) is 0 Å². The standard InChI is InChI=1S/C21H23FN2O4/c1-23(12-14-4-6-16(22)7-5-14)21(26)15-10-20(25)24(13-15)18-11-17(27-2)8-9-19(18)28-3/h4-9,11,15H,10,12-13H2,1-3H3. The molecule has 1 saturated heterocycles. The van der Waals surface area contributed by atoms with Gasteiger partial charge in [-0.25, -0.2) is 4.39 Å². The van der Waals surface area contributed by atoms with Crippen molar-refractivity contribution < 1.29 is 23.5 Å². The highest BCUT2D eigenvalue weighted by Gasteiger charge is 2.37. The van der Waals surface area contributed by atoms with E-state index in [0.29, 0.717) is 23.7 Å². The van der Waals surface area contributed by atoms with Gasteiger partial charge in [-0.05, 0) is 29.8 Å². The van der Waals surface area contributed by atoms with Gasteiger partial charge in [0.2, 0.25) is 11.8 Å². The van der Waals surface area contributed by atoms with Crippen LogP contribution in [0, 0.1) is 11.7 Å². The Kier molecular flexibility index (Phi) is 5.82. The summed E-state index contributed by atoms with van der Waals surface area (Å²) < 4.78 is 23.7. The molecular weight excluding hydrogens is 363 g/mol. The van der Waals surface area contributed by atoms with Crippen molar-refractivity contribution in [3.8, 4) is 11.5 Å². The second kappa shape index (κ2) is 8.29. The maximum Gasteiger partial charge on any atom is 0.228 e. The zero-order chi connectivity index (χ0) is 20.3. The van der Waals surface area contributed by atoms with Crippen LogP contribution in [-0.2, 0) is 16.1 Å². The number of nitrogens with zero attached hydrogens (tertiary/aromatic N) is 2. The molecule has 28 heavy (non-hydrogen) atoms. The SMILES string of the molecule is COc1ccc(OC)c(N2CC(C(=O)N(C)Cc3ccc(F)cc3)CC2=O)c1. The number of halogens is 1. The number of hydrogen-bond donors (Lipinski definition) is 0. The number of hydrogen-bond acceptors (Lipinski definition) is 4. The lowest BCUT2D eigenvalue weighted by Gasteiger charge is -2.22. The fourth-order valence-corrected chi connectivity index (χ4v) is 3.37. The Morgan fingerprint density at radius 2 is 1.89 bits per heavy atom. The van der Waals surface area contributed by atoms with Gasteiger partial charge in [0.15, 0.2) is 0 Å². The van der Waals surface area contributed by atoms with Crippen molar-refractivity contribution in [3.63, 3.8) is 0 Å². The van der Waals surface area contributed by atoms with E-state index in [0.717, 1.165) is 5.56 Å². The van der Waals surface area contributed by atoms with Crippen molar-refractivity contribution >= 4 is 17.5 Å². The van der Waals surface area contributed by atoms with Crippen molar-refractivity contribution in [3.05, 3.63) is 53.8 Å². The van der Waals surface area contributed by atoms with Crippen molar-refractivity contribution in [1.29, 1.82) is 0 Å². The number of amides is 2. The fraction of sp³-hybridized carbons (Fsp3) is 0.333. The molecule has 148 valence electrons. The third kappa shape index (κ3) is 4.08. The van der Waals surface area contributed by atoms with Gasteiger partial charge >= 0.3 is 0 Å². The molecule has 0 radical (unpaired) electrons. The minimum Gasteiger partial charge on any atom is -0.497 e. The quantitative estimate of drug-likeness (QED) is 0.766. The minimum atomic E-state index is -0.450. The third-order valence-electron chi connectivity index (χ3n) is 4.86. The number of carbonyl (C=O) groups excluding carboxylic acids is 2. The first-order chi connectivity index (χ1) is 13.4. The first kappa shape index (κ1) is 19.7. The number of carbonyl (C=O) groups is 2. The molecule has 2 aromatic rings. The molecule has 0 N–H and O–H groups in total. The lowest BCUT2D eigenvalue weighted by molar-refractivity contribution is -0.135. The zero-order valence-corrected chi connectivity index (χ0v) is 16.1. The number of methoxy groups -OCH3 is 2. The summed E-state index contributed by atoms with van der Waals surface area (Å²) in [7, 11) is 4.77. The molecule has 3 rings (SSSR count). The van der Waals surface area contributed by atoms with Gasteiger partial charge in [0.25, 0.3) is 0 Å². The Hall–Kier alpha value is -3.09. The van der Waals surface area contributed by atoms with E-state index in [1.54, 1.807) is 54.3 Å². The summed E-state index contributed by atoms with van der Waals surface area (Å²) in [5.74, 6) is 0.117. The van der Waals surface area contributed by atoms with Crippen LogP contribution in [0.4, 0.5) is 10.1 Å². The summed E-state index contributed by atoms with van der Waals surface area (Å²) in [6.45, 7) is 0.626. The first-order valence-corrected chi connectivity index (χ1v) is 8.94. The van der Waals surface area contributed by atoms with Crippen LogP contribution in [0.15, 0.2) is 42.5 Å². The van der Waals surface area contributed by atoms with Crippen molar-refractivity contribution in [1.82, 2.24) is 4.90 Å². The molecule has 0 aromatic heterocycles. The molecule has 1 aliphatic rings. The monoisotopic (exact) mass is 386 g/mol. The van der Waals surface area contributed by atoms with E-state index in [1.165, 1.54) is 19.2 Å². The van der Waals surface area contributed by atoms with E-state index in [4.69, 9.17) is 9.47 Å². The zero-order valence-electron chi connectivity index (χ0n) is 16.1. The van der Waals surface area contributed by atoms with E-state index in [1.807, 2.05) is 0 Å². The molecule has 0 saturated carbocycles. The molecule has 6 nitrogen and oxygen atoms in total. The van der Waals surface area contributed by atoms with Crippen LogP contribution in [0.25, 0.3) is 0 Å². The van der Waals surface area contributed by atoms with E-state index >= 15 is 0 Å². The minimum absolute atomic E-state index is 0.123. The van der Waals surface area contributed by atoms with E-state index < -0.39 is 5.92 Å². The Morgan fingerprint density at radius 1 is 1.18 bits per heavy atom. The normalized spacial score (nSPS) is 16.2. The largest absolute Gasteiger partial charge is 0.497 e. The molecule has 0 spiro atoms. The van der Waals surface area contributed by atoms with Gasteiger partial charge in [-0.3, -0.25) is 9.59 Å². The van der Waals surface area contributed by atoms with Gasteiger partial charge in [0.05, 0.1) is 25.8 Å². The van der Waals surface area contributed by atoms with E-state index in [9.17, 15) is 14.0 Å². The van der Waals surface area contributed by atoms with Crippen molar-refractivity contribution in [2.75, 3.05) is 32.7 Å². The Morgan fingerprint density at radius 3 is 2.54 bits per heavy atom. The summed E-state index contributed by atoms with van der Waals surface area (Å²) in [5.41, 5.74) is 1.41. The second-order valence-electron chi connectivity index (χ2n) is 6.76. The average Bonchev–Trinajstić information content (AvgIpc) is 3.09. The molecule has 2 amide bonds. The Bertz CT molecular complexity index is 869. The molecule has 1 heterocycles. The predicted octanol–water partition coefficient (Wildman–Crippen LogP) is 2.85. The molecule has 1 atom stereocenters. The van der Waals surface area contributed by atoms with Crippen LogP contribution >= 0.6 is 0 Å². The molecule has 1 fully saturated rings. The summed E-state index contributed by atoms with van der Waals surface area (Å²) in [5, 5.41) is 0. The van der Waals surface area contributed by atoms with Gasteiger partial charge in [0.1, 0.15) is 17.3 Å². The molecule has 0 bridgehead atoms. The van der Waals surface area contributed by atoms with Gasteiger partial charge < -0.3 is 19.3 Å². The number of anilines is 1. The lowest BCUT2D eigenvalue weighted by atomic mass is 10.1. The lowest BCUT2D eigenvalue weighted by Crippen LogP contribution is -2.34. The van der Waals surface area contributed by atoms with Crippen molar-refractivity contribution in [2.24, 2.45) is 5.92 Å². The smallest absolute Gasteiger partial charge is 0.228 e. The molecule has 1 aliphatic heterocycles. The predicted molar refractivity (Wildman–Crippen MR) is 103 cm³/mol. The van der Waals surface area contributed by atoms with E-state index in [2.05, 4.69) is 0 Å². The molecule has 2 aromatic carbocycles. The maximum absolute atomic E-state index is 13.0. The Balaban J connectivity index is 1.73. The van der Waals surface area contributed by atoms with Gasteiger partial charge in [0, 0.05) is 32.6 Å². The summed E-state index contributed by atoms with van der Waals surface area (Å²) in [6.07, 6.45) is 0.132. The highest BCUT2D eigenvalue weighted by molar-refractivity contribution is 6.01. The van der Waals surface area contributed by atoms with Gasteiger partial charge in [-0.1, -0.05) is 12.1 Å². The Labute approximate surface area is 163 Å². The third-order valence-corrected chi connectivity index (χ3v) is 4.86. The molecule has 7 heteroatoms. The molecular formula is C21H23FN2O4. The number of rotatable bonds is 6. The topological polar surface area (TPSA) is 59.1 Å². The van der Waals surface area contributed by atoms with E-state index in [-0.39, 0.29) is 30.6 Å². The van der Waals surface area contributed by atoms with Gasteiger partial charge in [-0.15, -0.1) is 0 Å². The fourth-order valence-electron chi connectivity index (χ4n) is 3.37. The van der Waals surface area contributed by atoms with Crippen LogP contribution < -0.4 is 14.4 Å². The number of benzene rings is 2.